The number of rotatable bonds is 3. The number of nitrogens with one attached hydrogen (secondary N) is 2. The Labute approximate surface area is 149 Å². The van der Waals surface area contributed by atoms with Crippen molar-refractivity contribution < 1.29 is 9.53 Å². The number of aryl methyl sites for hydroxylation is 1. The Morgan fingerprint density at radius 3 is 2.35 bits per heavy atom. The van der Waals surface area contributed by atoms with E-state index in [-0.39, 0.29) is 24.0 Å². The number of nitrogens with zero attached hydrogens (tertiary/aromatic N) is 1. The van der Waals surface area contributed by atoms with Crippen LogP contribution in [0.4, 0.5) is 10.7 Å². The van der Waals surface area contributed by atoms with Crippen LogP contribution in [0.25, 0.3) is 11.1 Å². The lowest BCUT2D eigenvalue weighted by Gasteiger charge is -2.14. The highest BCUT2D eigenvalue weighted by Crippen LogP contribution is 2.44. The first-order valence-electron chi connectivity index (χ1n) is 8.32. The largest absolute Gasteiger partial charge is 0.448 e. The Balaban J connectivity index is 1.51. The van der Waals surface area contributed by atoms with E-state index in [9.17, 15) is 9.59 Å². The van der Waals surface area contributed by atoms with Gasteiger partial charge in [0.05, 0.1) is 0 Å². The maximum Gasteiger partial charge on any atom is 0.414 e. The molecule has 0 unspecified atom stereocenters. The molecule has 1 aromatic heterocycles. The molecule has 0 aliphatic heterocycles. The summed E-state index contributed by atoms with van der Waals surface area (Å²) >= 11 is 0. The van der Waals surface area contributed by atoms with Crippen molar-refractivity contribution in [3.05, 3.63) is 81.8 Å². The molecule has 6 nitrogen and oxygen atoms in total. The smallest absolute Gasteiger partial charge is 0.414 e. The second-order valence-electron chi connectivity index (χ2n) is 6.19. The van der Waals surface area contributed by atoms with E-state index in [0.717, 1.165) is 11.1 Å². The van der Waals surface area contributed by atoms with Crippen molar-refractivity contribution in [2.24, 2.45) is 0 Å². The Bertz CT molecular complexity index is 997. The molecule has 1 heterocycles. The number of carbonyl (C=O) groups excluding carboxylic acids is 1. The number of fused-ring (bicyclic) bond motifs is 3. The van der Waals surface area contributed by atoms with E-state index >= 15 is 0 Å². The zero-order valence-corrected chi connectivity index (χ0v) is 14.2. The summed E-state index contributed by atoms with van der Waals surface area (Å²) in [5, 5.41) is 2.47. The summed E-state index contributed by atoms with van der Waals surface area (Å²) in [5.74, 6) is 0.0601. The van der Waals surface area contributed by atoms with Gasteiger partial charge in [0, 0.05) is 17.7 Å². The molecule has 0 bridgehead atoms. The van der Waals surface area contributed by atoms with Crippen LogP contribution < -0.4 is 10.9 Å². The molecule has 1 amide bonds. The quantitative estimate of drug-likeness (QED) is 0.760. The van der Waals surface area contributed by atoms with Crippen molar-refractivity contribution in [1.29, 1.82) is 0 Å². The molecular weight excluding hydrogens is 330 g/mol. The number of hydrogen-bond donors (Lipinski definition) is 2. The zero-order valence-electron chi connectivity index (χ0n) is 14.2. The summed E-state index contributed by atoms with van der Waals surface area (Å²) in [7, 11) is 0. The van der Waals surface area contributed by atoms with Crippen LogP contribution in [0.15, 0.2) is 59.4 Å². The molecule has 0 saturated carbocycles. The molecule has 1 aliphatic carbocycles. The minimum absolute atomic E-state index is 0.0160. The first-order chi connectivity index (χ1) is 12.6. The summed E-state index contributed by atoms with van der Waals surface area (Å²) in [6.07, 6.45) is -0.652. The van der Waals surface area contributed by atoms with Crippen molar-refractivity contribution in [3.63, 3.8) is 0 Å². The first-order valence-corrected chi connectivity index (χ1v) is 8.32. The van der Waals surface area contributed by atoms with Crippen LogP contribution >= 0.6 is 0 Å². The number of benzene rings is 2. The summed E-state index contributed by atoms with van der Waals surface area (Å²) < 4.78 is 5.41. The normalized spacial score (nSPS) is 12.3. The second kappa shape index (κ2) is 6.48. The van der Waals surface area contributed by atoms with Crippen LogP contribution in [0.5, 0.6) is 0 Å². The maximum absolute atomic E-state index is 12.1. The summed E-state index contributed by atoms with van der Waals surface area (Å²) in [6.45, 7) is 1.88. The highest BCUT2D eigenvalue weighted by molar-refractivity contribution is 5.83. The molecule has 26 heavy (non-hydrogen) atoms. The number of aromatic amines is 1. The first kappa shape index (κ1) is 16.1. The Morgan fingerprint density at radius 2 is 1.73 bits per heavy atom. The molecular formula is C20H17N3O3. The lowest BCUT2D eigenvalue weighted by molar-refractivity contribution is 0.158. The van der Waals surface area contributed by atoms with Gasteiger partial charge in [0.2, 0.25) is 5.95 Å². The lowest BCUT2D eigenvalue weighted by atomic mass is 9.98. The van der Waals surface area contributed by atoms with E-state index in [1.54, 1.807) is 6.92 Å². The van der Waals surface area contributed by atoms with Gasteiger partial charge in [0.1, 0.15) is 6.61 Å². The number of hydrogen-bond acceptors (Lipinski definition) is 4. The minimum atomic E-state index is -0.652. The van der Waals surface area contributed by atoms with Crippen molar-refractivity contribution in [3.8, 4) is 11.1 Å². The highest BCUT2D eigenvalue weighted by atomic mass is 16.5. The minimum Gasteiger partial charge on any atom is -0.448 e. The van der Waals surface area contributed by atoms with Crippen LogP contribution in [0, 0.1) is 6.92 Å². The monoisotopic (exact) mass is 347 g/mol. The van der Waals surface area contributed by atoms with Gasteiger partial charge in [-0.3, -0.25) is 15.1 Å². The van der Waals surface area contributed by atoms with Gasteiger partial charge in [-0.05, 0) is 29.2 Å². The molecule has 0 radical (unpaired) electrons. The third-order valence-electron chi connectivity index (χ3n) is 4.43. The van der Waals surface area contributed by atoms with Gasteiger partial charge in [0.25, 0.3) is 5.56 Å². The van der Waals surface area contributed by atoms with Crippen LogP contribution in [-0.4, -0.2) is 22.7 Å². The summed E-state index contributed by atoms with van der Waals surface area (Å²) in [6, 6.07) is 17.6. The number of anilines is 1. The standard InChI is InChI=1S/C20H17N3O3/c1-12-10-18(24)22-19(21-12)23-20(25)26-11-17-15-8-4-2-6-13(15)14-7-3-5-9-16(14)17/h2-10,17H,11H2,1H3,(H2,21,22,23,24,25). The Kier molecular flexibility index (Phi) is 4.01. The van der Waals surface area contributed by atoms with E-state index in [2.05, 4.69) is 39.6 Å². The average molecular weight is 347 g/mol. The topological polar surface area (TPSA) is 84.1 Å². The van der Waals surface area contributed by atoms with Gasteiger partial charge in [-0.25, -0.2) is 9.78 Å². The Hall–Kier alpha value is -3.41. The molecule has 4 rings (SSSR count). The zero-order chi connectivity index (χ0) is 18.1. The molecule has 130 valence electrons. The number of amides is 1. The predicted molar refractivity (Wildman–Crippen MR) is 98.3 cm³/mol. The van der Waals surface area contributed by atoms with E-state index < -0.39 is 6.09 Å². The van der Waals surface area contributed by atoms with E-state index in [1.165, 1.54) is 17.2 Å². The molecule has 0 fully saturated rings. The van der Waals surface area contributed by atoms with Crippen LogP contribution in [0.3, 0.4) is 0 Å². The van der Waals surface area contributed by atoms with Crippen LogP contribution in [0.1, 0.15) is 22.7 Å². The van der Waals surface area contributed by atoms with Gasteiger partial charge in [0.15, 0.2) is 0 Å². The number of carbonyl (C=O) groups is 1. The molecule has 2 aromatic carbocycles. The predicted octanol–water partition coefficient (Wildman–Crippen LogP) is 3.44. The molecule has 0 spiro atoms. The van der Waals surface area contributed by atoms with Crippen molar-refractivity contribution in [2.45, 2.75) is 12.8 Å². The molecule has 1 aliphatic rings. The molecule has 2 N–H and O–H groups in total. The maximum atomic E-state index is 12.1. The number of aromatic nitrogens is 2. The summed E-state index contributed by atoms with van der Waals surface area (Å²) in [4.78, 5) is 30.1. The Morgan fingerprint density at radius 1 is 1.12 bits per heavy atom. The number of H-pyrrole nitrogens is 1. The third kappa shape index (κ3) is 2.97. The van der Waals surface area contributed by atoms with Gasteiger partial charge in [-0.15, -0.1) is 0 Å². The van der Waals surface area contributed by atoms with Gasteiger partial charge in [-0.2, -0.15) is 0 Å². The van der Waals surface area contributed by atoms with Crippen molar-refractivity contribution in [2.75, 3.05) is 11.9 Å². The van der Waals surface area contributed by atoms with E-state index in [1.807, 2.05) is 24.3 Å². The van der Waals surface area contributed by atoms with Gasteiger partial charge in [-0.1, -0.05) is 48.5 Å². The molecule has 6 heteroatoms. The second-order valence-corrected chi connectivity index (χ2v) is 6.19. The molecule has 3 aromatic rings. The molecule has 0 saturated heterocycles. The van der Waals surface area contributed by atoms with Crippen LogP contribution in [-0.2, 0) is 4.74 Å². The SMILES string of the molecule is Cc1cc(=O)[nH]c(NC(=O)OCC2c3ccccc3-c3ccccc32)n1. The fourth-order valence-electron chi connectivity index (χ4n) is 3.37. The lowest BCUT2D eigenvalue weighted by Crippen LogP contribution is -2.21. The van der Waals surface area contributed by atoms with E-state index in [0.29, 0.717) is 5.69 Å². The summed E-state index contributed by atoms with van der Waals surface area (Å²) in [5.41, 5.74) is 4.81. The van der Waals surface area contributed by atoms with Crippen LogP contribution in [0.2, 0.25) is 0 Å². The van der Waals surface area contributed by atoms with Crippen molar-refractivity contribution >= 4 is 12.0 Å². The van der Waals surface area contributed by atoms with Gasteiger partial charge >= 0.3 is 6.09 Å². The van der Waals surface area contributed by atoms with Gasteiger partial charge < -0.3 is 4.74 Å². The fraction of sp³-hybridized carbons (Fsp3) is 0.150. The van der Waals surface area contributed by atoms with E-state index in [4.69, 9.17) is 4.74 Å². The number of ether oxygens (including phenoxy) is 1. The highest BCUT2D eigenvalue weighted by Gasteiger charge is 2.29. The molecule has 0 atom stereocenters. The average Bonchev–Trinajstić information content (AvgIpc) is 2.93. The van der Waals surface area contributed by atoms with Crippen molar-refractivity contribution in [1.82, 2.24) is 9.97 Å². The fourth-order valence-corrected chi connectivity index (χ4v) is 3.37. The third-order valence-corrected chi connectivity index (χ3v) is 4.43.